The Bertz CT molecular complexity index is 706. The molecule has 0 aromatic carbocycles. The summed E-state index contributed by atoms with van der Waals surface area (Å²) in [6.45, 7) is 3.30. The summed E-state index contributed by atoms with van der Waals surface area (Å²) in [7, 11) is 0. The molecule has 0 bridgehead atoms. The lowest BCUT2D eigenvalue weighted by Gasteiger charge is -2.27. The molecule has 27 heavy (non-hydrogen) atoms. The second-order valence-corrected chi connectivity index (χ2v) is 9.10. The van der Waals surface area contributed by atoms with Crippen molar-refractivity contribution >= 4 is 23.3 Å². The molecule has 146 valence electrons. The van der Waals surface area contributed by atoms with Gasteiger partial charge in [0, 0.05) is 43.8 Å². The number of anilines is 1. The van der Waals surface area contributed by atoms with Crippen molar-refractivity contribution in [1.29, 1.82) is 0 Å². The maximum atomic E-state index is 12.8. The van der Waals surface area contributed by atoms with E-state index < -0.39 is 0 Å². The van der Waals surface area contributed by atoms with Crippen molar-refractivity contribution < 1.29 is 9.53 Å². The van der Waals surface area contributed by atoms with Crippen molar-refractivity contribution in [1.82, 2.24) is 15.1 Å². The predicted molar refractivity (Wildman–Crippen MR) is 103 cm³/mol. The standard InChI is InChI=1S/C20H27ClN4O2/c21-18-9-17(12-1-2-12)19(24-23-18)22-16-7-14-10-25(11-15(14)8-16)20(26)13-3-5-27-6-4-13/h9,12-16H,1-8,10-11H2,(H,22,24)/t14-,15?,16+/m1/s1. The van der Waals surface area contributed by atoms with Gasteiger partial charge in [-0.15, -0.1) is 10.2 Å². The fourth-order valence-electron chi connectivity index (χ4n) is 5.19. The van der Waals surface area contributed by atoms with Gasteiger partial charge in [0.25, 0.3) is 0 Å². The quantitative estimate of drug-likeness (QED) is 0.855. The van der Waals surface area contributed by atoms with E-state index in [-0.39, 0.29) is 5.92 Å². The Labute approximate surface area is 165 Å². The van der Waals surface area contributed by atoms with Crippen LogP contribution >= 0.6 is 11.6 Å². The fraction of sp³-hybridized carbons (Fsp3) is 0.750. The fourth-order valence-corrected chi connectivity index (χ4v) is 5.35. The molecule has 1 unspecified atom stereocenters. The van der Waals surface area contributed by atoms with Crippen LogP contribution in [-0.2, 0) is 9.53 Å². The minimum atomic E-state index is 0.178. The molecule has 3 heterocycles. The molecule has 1 amide bonds. The number of nitrogens with one attached hydrogen (secondary N) is 1. The van der Waals surface area contributed by atoms with Gasteiger partial charge in [-0.25, -0.2) is 0 Å². The van der Waals surface area contributed by atoms with Crippen LogP contribution in [0.5, 0.6) is 0 Å². The number of hydrogen-bond donors (Lipinski definition) is 1. The van der Waals surface area contributed by atoms with E-state index in [0.717, 1.165) is 57.8 Å². The predicted octanol–water partition coefficient (Wildman–Crippen LogP) is 3.08. The highest BCUT2D eigenvalue weighted by molar-refractivity contribution is 6.29. The van der Waals surface area contributed by atoms with E-state index in [9.17, 15) is 4.79 Å². The van der Waals surface area contributed by atoms with Crippen LogP contribution in [-0.4, -0.2) is 53.3 Å². The zero-order valence-electron chi connectivity index (χ0n) is 15.6. The number of nitrogens with zero attached hydrogens (tertiary/aromatic N) is 3. The molecule has 0 radical (unpaired) electrons. The molecule has 3 atom stereocenters. The third-order valence-corrected chi connectivity index (χ3v) is 6.97. The summed E-state index contributed by atoms with van der Waals surface area (Å²) in [5.74, 6) is 3.26. The van der Waals surface area contributed by atoms with Crippen LogP contribution in [0.25, 0.3) is 0 Å². The Hall–Kier alpha value is -1.40. The van der Waals surface area contributed by atoms with Crippen LogP contribution in [0.4, 0.5) is 5.82 Å². The van der Waals surface area contributed by atoms with E-state index in [1.807, 2.05) is 6.07 Å². The molecule has 2 aliphatic heterocycles. The highest BCUT2D eigenvalue weighted by Crippen LogP contribution is 2.45. The molecule has 2 saturated heterocycles. The number of amides is 1. The minimum Gasteiger partial charge on any atom is -0.381 e. The van der Waals surface area contributed by atoms with Crippen LogP contribution in [0.3, 0.4) is 0 Å². The Morgan fingerprint density at radius 3 is 2.48 bits per heavy atom. The monoisotopic (exact) mass is 390 g/mol. The molecule has 0 spiro atoms. The van der Waals surface area contributed by atoms with E-state index in [4.69, 9.17) is 16.3 Å². The van der Waals surface area contributed by atoms with Gasteiger partial charge in [-0.1, -0.05) is 11.6 Å². The van der Waals surface area contributed by atoms with Crippen LogP contribution in [0, 0.1) is 17.8 Å². The van der Waals surface area contributed by atoms with Crippen molar-refractivity contribution in [2.45, 2.75) is 50.5 Å². The summed E-state index contributed by atoms with van der Waals surface area (Å²) >= 11 is 6.05. The Morgan fingerprint density at radius 2 is 1.81 bits per heavy atom. The molecular formula is C20H27ClN4O2. The van der Waals surface area contributed by atoms with Crippen molar-refractivity contribution in [3.8, 4) is 0 Å². The van der Waals surface area contributed by atoms with E-state index >= 15 is 0 Å². The molecule has 1 aromatic heterocycles. The molecule has 2 aliphatic carbocycles. The number of fused-ring (bicyclic) bond motifs is 1. The normalized spacial score (nSPS) is 31.1. The molecule has 1 N–H and O–H groups in total. The van der Waals surface area contributed by atoms with Crippen LogP contribution < -0.4 is 5.32 Å². The van der Waals surface area contributed by atoms with Gasteiger partial charge in [0.2, 0.25) is 5.91 Å². The number of likely N-dealkylation sites (tertiary alicyclic amines) is 1. The van der Waals surface area contributed by atoms with Gasteiger partial charge >= 0.3 is 0 Å². The molecule has 4 aliphatic rings. The summed E-state index contributed by atoms with van der Waals surface area (Å²) < 4.78 is 5.40. The van der Waals surface area contributed by atoms with Crippen molar-refractivity contribution in [3.05, 3.63) is 16.8 Å². The van der Waals surface area contributed by atoms with Gasteiger partial charge < -0.3 is 15.0 Å². The average molecular weight is 391 g/mol. The molecule has 4 fully saturated rings. The second kappa shape index (κ2) is 7.21. The molecule has 5 rings (SSSR count). The van der Waals surface area contributed by atoms with Crippen LogP contribution in [0.2, 0.25) is 5.15 Å². The minimum absolute atomic E-state index is 0.178. The van der Waals surface area contributed by atoms with Crippen molar-refractivity contribution in [2.75, 3.05) is 31.6 Å². The molecule has 7 heteroatoms. The number of hydrogen-bond acceptors (Lipinski definition) is 5. The average Bonchev–Trinajstić information content (AvgIpc) is 3.35. The zero-order chi connectivity index (χ0) is 18.4. The van der Waals surface area contributed by atoms with Gasteiger partial charge in [-0.3, -0.25) is 4.79 Å². The lowest BCUT2D eigenvalue weighted by molar-refractivity contribution is -0.137. The van der Waals surface area contributed by atoms with Gasteiger partial charge in [-0.2, -0.15) is 0 Å². The number of halogens is 1. The summed E-state index contributed by atoms with van der Waals surface area (Å²) in [6.07, 6.45) is 6.42. The summed E-state index contributed by atoms with van der Waals surface area (Å²) in [4.78, 5) is 14.9. The summed E-state index contributed by atoms with van der Waals surface area (Å²) in [5.41, 5.74) is 1.23. The van der Waals surface area contributed by atoms with E-state index in [1.165, 1.54) is 18.4 Å². The first-order chi connectivity index (χ1) is 13.2. The summed E-state index contributed by atoms with van der Waals surface area (Å²) in [6, 6.07) is 2.40. The van der Waals surface area contributed by atoms with Crippen molar-refractivity contribution in [2.24, 2.45) is 17.8 Å². The smallest absolute Gasteiger partial charge is 0.225 e. The number of aromatic nitrogens is 2. The molecule has 6 nitrogen and oxygen atoms in total. The number of rotatable bonds is 4. The SMILES string of the molecule is O=C(C1CCOCC1)N1CC2C[C@@H](Nc3nnc(Cl)cc3C3CC3)C[C@@H]2C1. The molecular weight excluding hydrogens is 364 g/mol. The molecule has 1 aromatic rings. The number of ether oxygens (including phenoxy) is 1. The number of carbonyl (C=O) groups excluding carboxylic acids is 1. The van der Waals surface area contributed by atoms with Crippen LogP contribution in [0.15, 0.2) is 6.07 Å². The van der Waals surface area contributed by atoms with Gasteiger partial charge in [-0.05, 0) is 62.3 Å². The maximum Gasteiger partial charge on any atom is 0.225 e. The van der Waals surface area contributed by atoms with Gasteiger partial charge in [0.15, 0.2) is 11.0 Å². The third-order valence-electron chi connectivity index (χ3n) is 6.78. The van der Waals surface area contributed by atoms with Gasteiger partial charge in [0.1, 0.15) is 0 Å². The maximum absolute atomic E-state index is 12.8. The van der Waals surface area contributed by atoms with E-state index in [1.54, 1.807) is 0 Å². The van der Waals surface area contributed by atoms with Crippen LogP contribution in [0.1, 0.15) is 50.0 Å². The lowest BCUT2D eigenvalue weighted by atomic mass is 9.98. The highest BCUT2D eigenvalue weighted by Gasteiger charge is 2.44. The zero-order valence-corrected chi connectivity index (χ0v) is 16.3. The first-order valence-corrected chi connectivity index (χ1v) is 10.7. The summed E-state index contributed by atoms with van der Waals surface area (Å²) in [5, 5.41) is 12.5. The number of carbonyl (C=O) groups is 1. The second-order valence-electron chi connectivity index (χ2n) is 8.71. The lowest BCUT2D eigenvalue weighted by Crippen LogP contribution is -2.38. The topological polar surface area (TPSA) is 67.3 Å². The Kier molecular flexibility index (Phi) is 4.72. The largest absolute Gasteiger partial charge is 0.381 e. The van der Waals surface area contributed by atoms with E-state index in [0.29, 0.717) is 34.9 Å². The Morgan fingerprint density at radius 1 is 1.11 bits per heavy atom. The van der Waals surface area contributed by atoms with E-state index in [2.05, 4.69) is 20.4 Å². The first kappa shape index (κ1) is 17.7. The van der Waals surface area contributed by atoms with Gasteiger partial charge in [0.05, 0.1) is 0 Å². The van der Waals surface area contributed by atoms with Crippen molar-refractivity contribution in [3.63, 3.8) is 0 Å². The third kappa shape index (κ3) is 3.66. The highest BCUT2D eigenvalue weighted by atomic mass is 35.5. The molecule has 2 saturated carbocycles. The Balaban J connectivity index is 1.19. The first-order valence-electron chi connectivity index (χ1n) is 10.3.